The molecular weight excluding hydrogens is 234 g/mol. The van der Waals surface area contributed by atoms with Crippen LogP contribution in [0.15, 0.2) is 30.6 Å². The second kappa shape index (κ2) is 4.97. The maximum atomic E-state index is 11.0. The zero-order valence-electron chi connectivity index (χ0n) is 9.25. The number of para-hydroxylation sites is 1. The molecular formula is C11H9N5O2. The van der Waals surface area contributed by atoms with Crippen molar-refractivity contribution in [3.05, 3.63) is 51.8 Å². The molecule has 2 rings (SSSR count). The molecule has 0 aliphatic carbocycles. The van der Waals surface area contributed by atoms with Gasteiger partial charge in [-0.05, 0) is 12.1 Å². The van der Waals surface area contributed by atoms with E-state index in [1.165, 1.54) is 6.07 Å². The molecule has 2 aromatic rings. The van der Waals surface area contributed by atoms with Gasteiger partial charge in [0.1, 0.15) is 17.3 Å². The molecule has 18 heavy (non-hydrogen) atoms. The molecule has 1 heterocycles. The highest BCUT2D eigenvalue weighted by molar-refractivity contribution is 5.68. The largest absolute Gasteiger partial charge is 0.375 e. The first kappa shape index (κ1) is 11.6. The number of rotatable bonds is 4. The molecule has 0 aliphatic heterocycles. The monoisotopic (exact) mass is 243 g/mol. The highest BCUT2D eigenvalue weighted by Gasteiger charge is 2.19. The zero-order valence-corrected chi connectivity index (χ0v) is 9.25. The number of aromatic amines is 1. The summed E-state index contributed by atoms with van der Waals surface area (Å²) in [5.41, 5.74) is 1.02. The van der Waals surface area contributed by atoms with E-state index in [4.69, 9.17) is 5.26 Å². The highest BCUT2D eigenvalue weighted by Crippen LogP contribution is 2.28. The van der Waals surface area contributed by atoms with Crippen LogP contribution in [0.2, 0.25) is 0 Å². The Balaban J connectivity index is 2.27. The minimum atomic E-state index is -0.559. The van der Waals surface area contributed by atoms with E-state index >= 15 is 0 Å². The summed E-state index contributed by atoms with van der Waals surface area (Å²) in [6.45, 7) is 0.395. The van der Waals surface area contributed by atoms with Crippen LogP contribution in [0.25, 0.3) is 0 Å². The molecule has 0 saturated heterocycles. The van der Waals surface area contributed by atoms with Gasteiger partial charge in [-0.25, -0.2) is 0 Å². The fraction of sp³-hybridized carbons (Fsp3) is 0.0909. The first-order valence-corrected chi connectivity index (χ1v) is 5.11. The van der Waals surface area contributed by atoms with E-state index in [2.05, 4.69) is 15.5 Å². The van der Waals surface area contributed by atoms with Gasteiger partial charge in [-0.3, -0.25) is 15.2 Å². The Hall–Kier alpha value is -2.88. The summed E-state index contributed by atoms with van der Waals surface area (Å²) in [6.07, 6.45) is 3.31. The second-order valence-corrected chi connectivity index (χ2v) is 3.53. The van der Waals surface area contributed by atoms with Crippen LogP contribution in [0.3, 0.4) is 0 Å². The molecule has 7 heteroatoms. The molecule has 2 N–H and O–H groups in total. The van der Waals surface area contributed by atoms with Gasteiger partial charge in [-0.1, -0.05) is 6.07 Å². The van der Waals surface area contributed by atoms with E-state index in [1.807, 2.05) is 6.07 Å². The topological polar surface area (TPSA) is 108 Å². The molecule has 90 valence electrons. The van der Waals surface area contributed by atoms with Crippen LogP contribution >= 0.6 is 0 Å². The van der Waals surface area contributed by atoms with Gasteiger partial charge < -0.3 is 5.32 Å². The van der Waals surface area contributed by atoms with Crippen molar-refractivity contribution in [3.63, 3.8) is 0 Å². The average molecular weight is 243 g/mol. The van der Waals surface area contributed by atoms with E-state index in [-0.39, 0.29) is 11.3 Å². The predicted octanol–water partition coefficient (Wildman–Crippen LogP) is 1.80. The summed E-state index contributed by atoms with van der Waals surface area (Å²) < 4.78 is 0. The quantitative estimate of drug-likeness (QED) is 0.628. The lowest BCUT2D eigenvalue weighted by Gasteiger charge is -2.06. The van der Waals surface area contributed by atoms with Gasteiger partial charge in [-0.15, -0.1) is 0 Å². The number of anilines is 1. The molecule has 0 spiro atoms. The van der Waals surface area contributed by atoms with Crippen LogP contribution in [-0.2, 0) is 6.54 Å². The van der Waals surface area contributed by atoms with Crippen molar-refractivity contribution in [2.75, 3.05) is 5.32 Å². The Morgan fingerprint density at radius 2 is 2.39 bits per heavy atom. The maximum absolute atomic E-state index is 11.0. The Labute approximate surface area is 102 Å². The van der Waals surface area contributed by atoms with Crippen molar-refractivity contribution in [2.24, 2.45) is 0 Å². The third-order valence-corrected chi connectivity index (χ3v) is 2.38. The highest BCUT2D eigenvalue weighted by atomic mass is 16.6. The second-order valence-electron chi connectivity index (χ2n) is 3.53. The van der Waals surface area contributed by atoms with Crippen LogP contribution in [0.1, 0.15) is 11.1 Å². The van der Waals surface area contributed by atoms with E-state index in [0.29, 0.717) is 12.2 Å². The van der Waals surface area contributed by atoms with Crippen LogP contribution in [0.4, 0.5) is 11.4 Å². The molecule has 7 nitrogen and oxygen atoms in total. The fourth-order valence-corrected chi connectivity index (χ4v) is 1.54. The molecule has 0 bridgehead atoms. The van der Waals surface area contributed by atoms with Crippen LogP contribution in [-0.4, -0.2) is 15.1 Å². The molecule has 0 saturated carbocycles. The summed E-state index contributed by atoms with van der Waals surface area (Å²) in [6, 6.07) is 6.40. The lowest BCUT2D eigenvalue weighted by Crippen LogP contribution is -2.03. The first-order chi connectivity index (χ1) is 8.72. The summed E-state index contributed by atoms with van der Waals surface area (Å²) in [5, 5.41) is 29.1. The van der Waals surface area contributed by atoms with Crippen molar-refractivity contribution in [1.82, 2.24) is 10.2 Å². The first-order valence-electron chi connectivity index (χ1n) is 5.11. The predicted molar refractivity (Wildman–Crippen MR) is 63.7 cm³/mol. The van der Waals surface area contributed by atoms with Crippen LogP contribution in [0, 0.1) is 21.4 Å². The van der Waals surface area contributed by atoms with Crippen molar-refractivity contribution < 1.29 is 4.92 Å². The standard InChI is InChI=1S/C11H9N5O2/c12-4-9-2-1-3-10(11(9)16(17)18)13-5-8-6-14-15-7-8/h1-3,6-7,13H,5H2,(H,14,15). The number of nitriles is 1. The normalized spacial score (nSPS) is 9.72. The number of nitrogens with zero attached hydrogens (tertiary/aromatic N) is 3. The van der Waals surface area contributed by atoms with Crippen molar-refractivity contribution in [3.8, 4) is 6.07 Å². The van der Waals surface area contributed by atoms with Crippen LogP contribution < -0.4 is 5.32 Å². The van der Waals surface area contributed by atoms with Crippen molar-refractivity contribution in [1.29, 1.82) is 5.26 Å². The number of nitro benzene ring substituents is 1. The minimum Gasteiger partial charge on any atom is -0.375 e. The summed E-state index contributed by atoms with van der Waals surface area (Å²) in [4.78, 5) is 10.4. The van der Waals surface area contributed by atoms with Gasteiger partial charge in [0.05, 0.1) is 11.1 Å². The molecule has 1 aromatic carbocycles. The van der Waals surface area contributed by atoms with Gasteiger partial charge in [0, 0.05) is 18.3 Å². The Bertz CT molecular complexity index is 600. The summed E-state index contributed by atoms with van der Waals surface area (Å²) in [7, 11) is 0. The summed E-state index contributed by atoms with van der Waals surface area (Å²) in [5.74, 6) is 0. The Kier molecular flexibility index (Phi) is 3.20. The van der Waals surface area contributed by atoms with Gasteiger partial charge in [0.25, 0.3) is 0 Å². The number of aromatic nitrogens is 2. The fourth-order valence-electron chi connectivity index (χ4n) is 1.54. The third-order valence-electron chi connectivity index (χ3n) is 2.38. The molecule has 0 fully saturated rings. The number of hydrogen-bond acceptors (Lipinski definition) is 5. The van der Waals surface area contributed by atoms with E-state index < -0.39 is 4.92 Å². The van der Waals surface area contributed by atoms with Gasteiger partial charge in [0.2, 0.25) is 0 Å². The molecule has 1 aromatic heterocycles. The van der Waals surface area contributed by atoms with Crippen molar-refractivity contribution >= 4 is 11.4 Å². The van der Waals surface area contributed by atoms with Gasteiger partial charge in [0.15, 0.2) is 0 Å². The molecule has 0 unspecified atom stereocenters. The number of H-pyrrole nitrogens is 1. The smallest absolute Gasteiger partial charge is 0.309 e. The molecule has 0 aliphatic rings. The minimum absolute atomic E-state index is 0.0391. The SMILES string of the molecule is N#Cc1cccc(NCc2cn[nH]c2)c1[N+](=O)[O-]. The zero-order chi connectivity index (χ0) is 13.0. The average Bonchev–Trinajstić information content (AvgIpc) is 2.88. The Morgan fingerprint density at radius 3 is 3.00 bits per heavy atom. The van der Waals surface area contributed by atoms with Gasteiger partial charge >= 0.3 is 5.69 Å². The number of hydrogen-bond donors (Lipinski definition) is 2. The van der Waals surface area contributed by atoms with E-state index in [0.717, 1.165) is 5.56 Å². The molecule has 0 amide bonds. The number of nitrogens with one attached hydrogen (secondary N) is 2. The Morgan fingerprint density at radius 1 is 1.56 bits per heavy atom. The maximum Gasteiger partial charge on any atom is 0.309 e. The summed E-state index contributed by atoms with van der Waals surface area (Å²) >= 11 is 0. The third kappa shape index (κ3) is 2.27. The lowest BCUT2D eigenvalue weighted by atomic mass is 10.1. The lowest BCUT2D eigenvalue weighted by molar-refractivity contribution is -0.384. The molecule has 0 atom stereocenters. The number of nitro groups is 1. The van der Waals surface area contributed by atoms with E-state index in [1.54, 1.807) is 24.5 Å². The van der Waals surface area contributed by atoms with Crippen molar-refractivity contribution in [2.45, 2.75) is 6.54 Å². The van der Waals surface area contributed by atoms with Gasteiger partial charge in [-0.2, -0.15) is 10.4 Å². The number of benzene rings is 1. The molecule has 0 radical (unpaired) electrons. The van der Waals surface area contributed by atoms with E-state index in [9.17, 15) is 10.1 Å². The van der Waals surface area contributed by atoms with Crippen LogP contribution in [0.5, 0.6) is 0 Å².